The van der Waals surface area contributed by atoms with Crippen molar-refractivity contribution in [3.05, 3.63) is 23.3 Å². The molecule has 0 aliphatic carbocycles. The molecular weight excluding hydrogens is 370 g/mol. The highest BCUT2D eigenvalue weighted by Crippen LogP contribution is 2.41. The molecule has 6 heteroatoms. The van der Waals surface area contributed by atoms with E-state index in [0.717, 1.165) is 50.5 Å². The molecule has 1 aromatic rings. The van der Waals surface area contributed by atoms with Crippen LogP contribution in [-0.2, 0) is 4.74 Å². The van der Waals surface area contributed by atoms with Gasteiger partial charge in [-0.15, -0.1) is 0 Å². The molecule has 29 heavy (non-hydrogen) atoms. The Morgan fingerprint density at radius 2 is 1.72 bits per heavy atom. The number of aliphatic hydroxyl groups excluding tert-OH is 1. The van der Waals surface area contributed by atoms with Gasteiger partial charge < -0.3 is 25.4 Å². The van der Waals surface area contributed by atoms with Gasteiger partial charge in [0.15, 0.2) is 0 Å². The maximum Gasteiger partial charge on any atom is 0.342 e. The lowest BCUT2D eigenvalue weighted by atomic mass is 9.98. The van der Waals surface area contributed by atoms with Crippen molar-refractivity contribution in [1.29, 1.82) is 0 Å². The molecule has 0 saturated carbocycles. The van der Waals surface area contributed by atoms with Crippen LogP contribution in [-0.4, -0.2) is 35.4 Å². The van der Waals surface area contributed by atoms with Crippen LogP contribution in [0.2, 0.25) is 0 Å². The molecule has 1 aliphatic heterocycles. The fraction of sp³-hybridized carbons (Fsp3) is 0.696. The van der Waals surface area contributed by atoms with E-state index >= 15 is 0 Å². The number of carbonyl (C=O) groups is 1. The lowest BCUT2D eigenvalue weighted by Crippen LogP contribution is -2.21. The fourth-order valence-corrected chi connectivity index (χ4v) is 3.94. The largest absolute Gasteiger partial charge is 0.508 e. The number of fused-ring (bicyclic) bond motifs is 1. The molecule has 0 radical (unpaired) electrons. The number of cyclic esters (lactones) is 1. The molecule has 1 heterocycles. The molecule has 0 amide bonds. The first-order valence-corrected chi connectivity index (χ1v) is 11.0. The number of aromatic hydroxyl groups is 1. The van der Waals surface area contributed by atoms with E-state index in [1.54, 1.807) is 6.07 Å². The Hall–Kier alpha value is -1.79. The van der Waals surface area contributed by atoms with Gasteiger partial charge in [0.05, 0.1) is 13.2 Å². The number of unbranched alkanes of at least 4 members (excludes halogenated alkanes) is 6. The third-order valence-corrected chi connectivity index (χ3v) is 5.63. The summed E-state index contributed by atoms with van der Waals surface area (Å²) < 4.78 is 10.7. The van der Waals surface area contributed by atoms with E-state index in [0.29, 0.717) is 11.3 Å². The maximum absolute atomic E-state index is 12.1. The summed E-state index contributed by atoms with van der Waals surface area (Å²) in [4.78, 5) is 12.1. The van der Waals surface area contributed by atoms with Gasteiger partial charge in [0, 0.05) is 17.7 Å². The first kappa shape index (κ1) is 23.5. The first-order valence-electron chi connectivity index (χ1n) is 11.0. The second-order valence-electron chi connectivity index (χ2n) is 8.24. The molecular formula is C23H37NO5. The second kappa shape index (κ2) is 12.0. The van der Waals surface area contributed by atoms with Gasteiger partial charge in [0.25, 0.3) is 0 Å². The van der Waals surface area contributed by atoms with Gasteiger partial charge in [-0.25, -0.2) is 4.79 Å². The Morgan fingerprint density at radius 1 is 1.07 bits per heavy atom. The number of aliphatic hydroxyl groups is 1. The summed E-state index contributed by atoms with van der Waals surface area (Å²) in [6.07, 6.45) is 11.0. The number of carbonyl (C=O) groups excluding carboxylic acids is 1. The Kier molecular flexibility index (Phi) is 9.74. The van der Waals surface area contributed by atoms with Crippen molar-refractivity contribution in [2.24, 2.45) is 5.73 Å². The number of ether oxygens (including phenoxy) is 2. The maximum atomic E-state index is 12.1. The number of rotatable bonds is 14. The Bertz CT molecular complexity index is 646. The van der Waals surface area contributed by atoms with Crippen LogP contribution in [0.1, 0.15) is 99.6 Å². The summed E-state index contributed by atoms with van der Waals surface area (Å²) in [5, 5.41) is 19.1. The van der Waals surface area contributed by atoms with Crippen LogP contribution >= 0.6 is 0 Å². The van der Waals surface area contributed by atoms with Gasteiger partial charge in [-0.05, 0) is 45.1 Å². The monoisotopic (exact) mass is 407 g/mol. The Balaban J connectivity index is 1.57. The third kappa shape index (κ3) is 7.52. The molecule has 0 bridgehead atoms. The lowest BCUT2D eigenvalue weighted by Gasteiger charge is -2.12. The summed E-state index contributed by atoms with van der Waals surface area (Å²) in [6.45, 7) is 1.81. The van der Waals surface area contributed by atoms with Crippen molar-refractivity contribution >= 4 is 5.97 Å². The van der Waals surface area contributed by atoms with Gasteiger partial charge in [0.1, 0.15) is 23.2 Å². The van der Waals surface area contributed by atoms with Crippen LogP contribution in [0.4, 0.5) is 0 Å². The molecule has 2 rings (SSSR count). The number of nitrogens with two attached hydrogens (primary N) is 1. The van der Waals surface area contributed by atoms with E-state index in [9.17, 15) is 15.0 Å². The zero-order valence-electron chi connectivity index (χ0n) is 17.9. The number of methoxy groups -OCH3 is 1. The lowest BCUT2D eigenvalue weighted by molar-refractivity contribution is 0.0361. The van der Waals surface area contributed by atoms with Crippen molar-refractivity contribution in [1.82, 2.24) is 0 Å². The van der Waals surface area contributed by atoms with Crippen molar-refractivity contribution in [3.8, 4) is 11.5 Å². The predicted molar refractivity (Wildman–Crippen MR) is 113 cm³/mol. The van der Waals surface area contributed by atoms with Crippen molar-refractivity contribution in [2.75, 3.05) is 7.11 Å². The second-order valence-corrected chi connectivity index (χ2v) is 8.24. The molecule has 3 atom stereocenters. The number of hydrogen-bond donors (Lipinski definition) is 3. The van der Waals surface area contributed by atoms with E-state index in [4.69, 9.17) is 15.2 Å². The van der Waals surface area contributed by atoms with Crippen molar-refractivity contribution < 1.29 is 24.5 Å². The van der Waals surface area contributed by atoms with E-state index in [-0.39, 0.29) is 30.0 Å². The number of hydrogen-bond acceptors (Lipinski definition) is 6. The molecule has 1 aromatic carbocycles. The van der Waals surface area contributed by atoms with Gasteiger partial charge in [-0.2, -0.15) is 0 Å². The Labute approximate surface area is 174 Å². The minimum absolute atomic E-state index is 0.0921. The van der Waals surface area contributed by atoms with E-state index in [1.807, 2.05) is 6.92 Å². The highest BCUT2D eigenvalue weighted by atomic mass is 16.6. The predicted octanol–water partition coefficient (Wildman–Crippen LogP) is 4.61. The van der Waals surface area contributed by atoms with E-state index < -0.39 is 0 Å². The molecule has 3 unspecified atom stereocenters. The number of phenols is 1. The zero-order valence-corrected chi connectivity index (χ0v) is 17.9. The van der Waals surface area contributed by atoms with Gasteiger partial charge >= 0.3 is 5.97 Å². The highest BCUT2D eigenvalue weighted by molar-refractivity contribution is 5.97. The summed E-state index contributed by atoms with van der Waals surface area (Å²) in [5.74, 6) is 0.0982. The summed E-state index contributed by atoms with van der Waals surface area (Å²) in [7, 11) is 1.49. The van der Waals surface area contributed by atoms with Crippen LogP contribution in [0.15, 0.2) is 12.1 Å². The van der Waals surface area contributed by atoms with Crippen LogP contribution in [0.3, 0.4) is 0 Å². The molecule has 6 nitrogen and oxygen atoms in total. The standard InChI is InChI=1S/C23H37NO5/c1-16(25)12-13-17(24)10-8-6-4-3-5-7-9-11-20-19-14-18(26)15-21(28-2)22(19)23(27)29-20/h14-17,20,25-26H,3-13,24H2,1-2H3. The van der Waals surface area contributed by atoms with Gasteiger partial charge in [-0.1, -0.05) is 38.5 Å². The smallest absolute Gasteiger partial charge is 0.342 e. The van der Waals surface area contributed by atoms with Crippen LogP contribution in [0.5, 0.6) is 11.5 Å². The summed E-state index contributed by atoms with van der Waals surface area (Å²) in [6, 6.07) is 3.27. The summed E-state index contributed by atoms with van der Waals surface area (Å²) >= 11 is 0. The fourth-order valence-electron chi connectivity index (χ4n) is 3.94. The van der Waals surface area contributed by atoms with Crippen LogP contribution in [0.25, 0.3) is 0 Å². The minimum Gasteiger partial charge on any atom is -0.508 e. The van der Waals surface area contributed by atoms with Gasteiger partial charge in [-0.3, -0.25) is 0 Å². The highest BCUT2D eigenvalue weighted by Gasteiger charge is 2.34. The van der Waals surface area contributed by atoms with Crippen molar-refractivity contribution in [2.45, 2.75) is 95.8 Å². The average Bonchev–Trinajstić information content (AvgIpc) is 2.99. The summed E-state index contributed by atoms with van der Waals surface area (Å²) in [5.41, 5.74) is 7.24. The quantitative estimate of drug-likeness (QED) is 0.307. The van der Waals surface area contributed by atoms with Crippen LogP contribution in [0, 0.1) is 0 Å². The zero-order chi connectivity index (χ0) is 21.2. The molecule has 164 valence electrons. The normalized spacial score (nSPS) is 17.7. The first-order chi connectivity index (χ1) is 13.9. The molecule has 0 fully saturated rings. The average molecular weight is 408 g/mol. The molecule has 0 aromatic heterocycles. The SMILES string of the molecule is COc1cc(O)cc2c1C(=O)OC2CCCCCCCCCC(N)CCC(C)O. The Morgan fingerprint density at radius 3 is 2.38 bits per heavy atom. The third-order valence-electron chi connectivity index (χ3n) is 5.63. The molecule has 0 saturated heterocycles. The topological polar surface area (TPSA) is 102 Å². The van der Waals surface area contributed by atoms with E-state index in [1.165, 1.54) is 38.9 Å². The minimum atomic E-state index is -0.367. The number of phenolic OH excluding ortho intramolecular Hbond substituents is 1. The van der Waals surface area contributed by atoms with Crippen molar-refractivity contribution in [3.63, 3.8) is 0 Å². The number of esters is 1. The van der Waals surface area contributed by atoms with Gasteiger partial charge in [0.2, 0.25) is 0 Å². The van der Waals surface area contributed by atoms with E-state index in [2.05, 4.69) is 0 Å². The molecule has 4 N–H and O–H groups in total. The number of benzene rings is 1. The molecule has 0 spiro atoms. The molecule has 1 aliphatic rings. The van der Waals surface area contributed by atoms with Crippen LogP contribution < -0.4 is 10.5 Å².